The van der Waals surface area contributed by atoms with Crippen molar-refractivity contribution in [2.75, 3.05) is 65.9 Å². The van der Waals surface area contributed by atoms with Crippen LogP contribution in [0.3, 0.4) is 0 Å². The molecule has 2 fully saturated rings. The Balaban J connectivity index is 1.36. The number of halogens is 3. The van der Waals surface area contributed by atoms with Gasteiger partial charge in [-0.25, -0.2) is 4.79 Å². The number of anilines is 1. The number of likely N-dealkylation sites (tertiary alicyclic amines) is 2. The third-order valence-corrected chi connectivity index (χ3v) is 15.7. The lowest BCUT2D eigenvalue weighted by Gasteiger charge is -2.39. The Morgan fingerprint density at radius 3 is 2.13 bits per heavy atom. The van der Waals surface area contributed by atoms with Gasteiger partial charge in [-0.15, -0.1) is 0 Å². The van der Waals surface area contributed by atoms with Crippen LogP contribution in [0.1, 0.15) is 96.1 Å². The molecule has 2 aliphatic heterocycles. The van der Waals surface area contributed by atoms with Crippen LogP contribution in [0.2, 0.25) is 0 Å². The first kappa shape index (κ1) is 69.1. The summed E-state index contributed by atoms with van der Waals surface area (Å²) in [5, 5.41) is 18.3. The number of rotatable bonds is 34. The van der Waals surface area contributed by atoms with Crippen LogP contribution in [0.5, 0.6) is 0 Å². The molecule has 11 amide bonds. The van der Waals surface area contributed by atoms with E-state index in [2.05, 4.69) is 37.2 Å². The standard InChI is InChI=1S/C57H85F3N12O12/c1-7-35(2)50(70(4)49(77)33-63-34-73)44(83-5)30-48(76)72-26-12-17-43(72)51(84-6)36(3)53(79)69-42(28-37-14-9-8-10-15-37)54(80)66-31-38-19-21-40(22-20-38)67-55(81)41(16-11-24-64-56(62)82)68-47(75)32-65-46(74)18-13-25-71-27-23-39(52(61)78)29-45(71)57(58,59)60/h8-10,14-15,19-22,34-36,39,41-45,50-51H,7,11-13,16-18,23-33H2,1-6H3,(H2,61,78)(H,63,73)(H,65,74)(H,66,80)(H,67,81)(H,68,75)(H,69,79)(H3,62,64,82)/t35?,36-,39?,41+,42?,43?,44?,45?,50?,51?/m1/s1. The van der Waals surface area contributed by atoms with Crippen LogP contribution in [-0.2, 0) is 65.6 Å². The lowest BCUT2D eigenvalue weighted by atomic mass is 9.89. The molecule has 0 aliphatic carbocycles. The molecule has 0 spiro atoms. The van der Waals surface area contributed by atoms with Crippen molar-refractivity contribution in [3.05, 3.63) is 65.7 Å². The Morgan fingerprint density at radius 1 is 0.810 bits per heavy atom. The van der Waals surface area contributed by atoms with Gasteiger partial charge >= 0.3 is 12.2 Å². The number of methoxy groups -OCH3 is 2. The summed E-state index contributed by atoms with van der Waals surface area (Å²) in [6.07, 6.45) is -3.87. The molecule has 24 nitrogen and oxygen atoms in total. The molecule has 8 unspecified atom stereocenters. The molecule has 2 aromatic carbocycles. The van der Waals surface area contributed by atoms with Crippen LogP contribution in [0.25, 0.3) is 0 Å². The first-order chi connectivity index (χ1) is 39.9. The number of benzene rings is 2. The number of urea groups is 1. The minimum absolute atomic E-state index is 0.0184. The summed E-state index contributed by atoms with van der Waals surface area (Å²) in [4.78, 5) is 133. The highest BCUT2D eigenvalue weighted by atomic mass is 19.4. The van der Waals surface area contributed by atoms with Crippen molar-refractivity contribution < 1.29 is 70.6 Å². The molecule has 2 saturated heterocycles. The fraction of sp³-hybridized carbons (Fsp3) is 0.614. The maximum absolute atomic E-state index is 14.2. The Kier molecular flexibility index (Phi) is 28.3. The monoisotopic (exact) mass is 1190 g/mol. The van der Waals surface area contributed by atoms with E-state index < -0.39 is 115 Å². The Morgan fingerprint density at radius 2 is 1.51 bits per heavy atom. The van der Waals surface area contributed by atoms with Crippen molar-refractivity contribution in [3.63, 3.8) is 0 Å². The van der Waals surface area contributed by atoms with E-state index in [1.165, 1.54) is 24.0 Å². The third-order valence-electron chi connectivity index (χ3n) is 15.7. The predicted octanol–water partition coefficient (Wildman–Crippen LogP) is 1.59. The highest BCUT2D eigenvalue weighted by Gasteiger charge is 2.48. The molecule has 0 radical (unpaired) electrons. The first-order valence-electron chi connectivity index (χ1n) is 28.4. The molecule has 2 heterocycles. The van der Waals surface area contributed by atoms with E-state index in [-0.39, 0.29) is 95.4 Å². The van der Waals surface area contributed by atoms with Crippen molar-refractivity contribution >= 4 is 65.4 Å². The minimum Gasteiger partial charge on any atom is -0.379 e. The van der Waals surface area contributed by atoms with Crippen molar-refractivity contribution in [2.45, 2.75) is 147 Å². The summed E-state index contributed by atoms with van der Waals surface area (Å²) < 4.78 is 53.2. The van der Waals surface area contributed by atoms with Gasteiger partial charge in [0.1, 0.15) is 18.1 Å². The number of amides is 11. The molecular weight excluding hydrogens is 1100 g/mol. The highest BCUT2D eigenvalue weighted by Crippen LogP contribution is 2.35. The van der Waals surface area contributed by atoms with E-state index in [4.69, 9.17) is 20.9 Å². The van der Waals surface area contributed by atoms with E-state index in [0.29, 0.717) is 43.5 Å². The zero-order valence-electron chi connectivity index (χ0n) is 48.8. The van der Waals surface area contributed by atoms with Gasteiger partial charge in [-0.2, -0.15) is 13.2 Å². The van der Waals surface area contributed by atoms with Crippen LogP contribution in [0.15, 0.2) is 54.6 Å². The number of carbonyl (C=O) groups is 10. The van der Waals surface area contributed by atoms with Gasteiger partial charge < -0.3 is 68.0 Å². The van der Waals surface area contributed by atoms with Crippen molar-refractivity contribution in [3.8, 4) is 0 Å². The second-order valence-corrected chi connectivity index (χ2v) is 21.4. The van der Waals surface area contributed by atoms with Gasteiger partial charge in [-0.1, -0.05) is 69.7 Å². The fourth-order valence-corrected chi connectivity index (χ4v) is 10.8. The number of piperidine rings is 1. The minimum atomic E-state index is -4.60. The summed E-state index contributed by atoms with van der Waals surface area (Å²) in [6.45, 7) is 5.26. The quantitative estimate of drug-likeness (QED) is 0.0356. The van der Waals surface area contributed by atoms with E-state index in [0.717, 1.165) is 5.56 Å². The Labute approximate surface area is 488 Å². The molecule has 466 valence electrons. The fourth-order valence-electron chi connectivity index (χ4n) is 10.8. The number of primary amides is 2. The second-order valence-electron chi connectivity index (χ2n) is 21.4. The first-order valence-corrected chi connectivity index (χ1v) is 28.4. The summed E-state index contributed by atoms with van der Waals surface area (Å²) in [7, 11) is 4.58. The average Bonchev–Trinajstić information content (AvgIpc) is 4.17. The third kappa shape index (κ3) is 21.7. The molecule has 11 N–H and O–H groups in total. The largest absolute Gasteiger partial charge is 0.404 e. The summed E-state index contributed by atoms with van der Waals surface area (Å²) in [6, 6.07) is 9.71. The topological polar surface area (TPSA) is 335 Å². The number of hydrogen-bond donors (Lipinski definition) is 9. The molecule has 0 aromatic heterocycles. The molecule has 84 heavy (non-hydrogen) atoms. The molecule has 2 aliphatic rings. The second kappa shape index (κ2) is 34.4. The zero-order valence-corrected chi connectivity index (χ0v) is 48.8. The number of nitrogens with zero attached hydrogens (tertiary/aromatic N) is 3. The number of hydrogen-bond acceptors (Lipinski definition) is 13. The maximum atomic E-state index is 14.2. The van der Waals surface area contributed by atoms with Crippen LogP contribution in [0.4, 0.5) is 23.7 Å². The van der Waals surface area contributed by atoms with Crippen LogP contribution in [0, 0.1) is 17.8 Å². The van der Waals surface area contributed by atoms with E-state index in [9.17, 15) is 61.1 Å². The van der Waals surface area contributed by atoms with Crippen LogP contribution >= 0.6 is 0 Å². The maximum Gasteiger partial charge on any atom is 0.404 e. The number of nitrogens with two attached hydrogens (primary N) is 2. The zero-order chi connectivity index (χ0) is 62.1. The number of nitrogens with one attached hydrogen (secondary N) is 7. The van der Waals surface area contributed by atoms with E-state index in [1.807, 2.05) is 44.2 Å². The van der Waals surface area contributed by atoms with E-state index >= 15 is 0 Å². The van der Waals surface area contributed by atoms with Gasteiger partial charge in [0.25, 0.3) is 0 Å². The molecule has 0 bridgehead atoms. The summed E-state index contributed by atoms with van der Waals surface area (Å²) in [5.74, 6) is -6.13. The smallest absolute Gasteiger partial charge is 0.379 e. The van der Waals surface area contributed by atoms with Gasteiger partial charge in [0.05, 0.1) is 49.7 Å². The van der Waals surface area contributed by atoms with Gasteiger partial charge in [0.15, 0.2) is 0 Å². The lowest BCUT2D eigenvalue weighted by Crippen LogP contribution is -2.55. The number of alkyl halides is 3. The van der Waals surface area contributed by atoms with Gasteiger partial charge in [0, 0.05) is 65.3 Å². The molecule has 4 rings (SSSR count). The van der Waals surface area contributed by atoms with Crippen LogP contribution < -0.4 is 48.7 Å². The van der Waals surface area contributed by atoms with Crippen molar-refractivity contribution in [2.24, 2.45) is 29.2 Å². The van der Waals surface area contributed by atoms with Gasteiger partial charge in [-0.3, -0.25) is 48.1 Å². The summed E-state index contributed by atoms with van der Waals surface area (Å²) in [5.41, 5.74) is 12.2. The molecule has 27 heteroatoms. The van der Waals surface area contributed by atoms with Gasteiger partial charge in [-0.05, 0) is 87.2 Å². The van der Waals surface area contributed by atoms with Gasteiger partial charge in [0.2, 0.25) is 53.7 Å². The molecule has 10 atom stereocenters. The lowest BCUT2D eigenvalue weighted by molar-refractivity contribution is -0.195. The number of likely N-dealkylation sites (N-methyl/N-ethyl adjacent to an activating group) is 1. The summed E-state index contributed by atoms with van der Waals surface area (Å²) >= 11 is 0. The van der Waals surface area contributed by atoms with E-state index in [1.54, 1.807) is 43.1 Å². The molecule has 0 saturated carbocycles. The molecular formula is C57H85F3N12O12. The predicted molar refractivity (Wildman–Crippen MR) is 304 cm³/mol. The normalized spacial score (nSPS) is 18.7. The SMILES string of the molecule is CCC(C)C(C(CC(=O)N1CCCC1C(OC)[C@@H](C)C(=O)NC(Cc1ccccc1)C(=O)NCc1ccc(NC(=O)[C@H](CCCNC(N)=O)NC(=O)CNC(=O)CCCN2CCC(C(N)=O)CC2C(F)(F)F)cc1)OC)N(C)C(=O)CNC=O. The average molecular weight is 1190 g/mol. The molecule has 2 aromatic rings. The number of carbonyl (C=O) groups excluding carboxylic acids is 10. The van der Waals surface area contributed by atoms with Crippen LogP contribution in [-0.4, -0.2) is 184 Å². The van der Waals surface area contributed by atoms with Crippen molar-refractivity contribution in [1.29, 1.82) is 0 Å². The Hall–Kier alpha value is -7.39. The number of ether oxygens (including phenoxy) is 2. The highest BCUT2D eigenvalue weighted by molar-refractivity contribution is 5.98. The Bertz CT molecular complexity index is 2510. The van der Waals surface area contributed by atoms with Crippen molar-refractivity contribution in [1.82, 2.24) is 46.6 Å².